The first kappa shape index (κ1) is 13.5. The SMILES string of the molecule is COc1ccc(-c2ssc(=S)c2-c2ccccc2)cc1. The molecule has 20 heavy (non-hydrogen) atoms. The maximum Gasteiger partial charge on any atom is 0.118 e. The van der Waals surface area contributed by atoms with Crippen LogP contribution in [0.15, 0.2) is 54.6 Å². The highest BCUT2D eigenvalue weighted by molar-refractivity contribution is 7.80. The maximum atomic E-state index is 5.51. The summed E-state index contributed by atoms with van der Waals surface area (Å²) in [5, 5.41) is 0. The summed E-state index contributed by atoms with van der Waals surface area (Å²) in [6.07, 6.45) is 0. The predicted molar refractivity (Wildman–Crippen MR) is 90.5 cm³/mol. The molecule has 0 amide bonds. The van der Waals surface area contributed by atoms with Crippen LogP contribution in [0.25, 0.3) is 21.6 Å². The van der Waals surface area contributed by atoms with Crippen molar-refractivity contribution in [3.8, 4) is 27.3 Å². The van der Waals surface area contributed by atoms with Crippen molar-refractivity contribution in [1.29, 1.82) is 0 Å². The number of methoxy groups -OCH3 is 1. The zero-order valence-electron chi connectivity index (χ0n) is 10.8. The molecular formula is C16H12OS3. The Morgan fingerprint density at radius 2 is 1.55 bits per heavy atom. The van der Waals surface area contributed by atoms with E-state index in [1.165, 1.54) is 21.6 Å². The Kier molecular flexibility index (Phi) is 3.96. The normalized spacial score (nSPS) is 10.4. The fourth-order valence-electron chi connectivity index (χ4n) is 2.04. The Hall–Kier alpha value is -1.49. The highest BCUT2D eigenvalue weighted by atomic mass is 32.9. The molecule has 1 nitrogen and oxygen atoms in total. The molecule has 100 valence electrons. The van der Waals surface area contributed by atoms with Crippen molar-refractivity contribution in [3.05, 3.63) is 58.4 Å². The van der Waals surface area contributed by atoms with E-state index in [0.717, 1.165) is 9.57 Å². The molecule has 0 radical (unpaired) electrons. The molecule has 1 heterocycles. The Bertz CT molecular complexity index is 754. The number of ether oxygens (including phenoxy) is 1. The van der Waals surface area contributed by atoms with Crippen molar-refractivity contribution in [3.63, 3.8) is 0 Å². The van der Waals surface area contributed by atoms with Crippen molar-refractivity contribution < 1.29 is 4.74 Å². The van der Waals surface area contributed by atoms with Crippen LogP contribution in [0.1, 0.15) is 0 Å². The van der Waals surface area contributed by atoms with Gasteiger partial charge in [0.1, 0.15) is 9.57 Å². The van der Waals surface area contributed by atoms with Crippen LogP contribution < -0.4 is 4.74 Å². The first-order chi connectivity index (χ1) is 9.79. The Labute approximate surface area is 130 Å². The van der Waals surface area contributed by atoms with Crippen LogP contribution in [0.4, 0.5) is 0 Å². The van der Waals surface area contributed by atoms with Crippen LogP contribution in [0.5, 0.6) is 5.75 Å². The number of hydrogen-bond acceptors (Lipinski definition) is 4. The zero-order valence-corrected chi connectivity index (χ0v) is 13.3. The lowest BCUT2D eigenvalue weighted by molar-refractivity contribution is 0.415. The molecular weight excluding hydrogens is 304 g/mol. The summed E-state index contributed by atoms with van der Waals surface area (Å²) >= 11 is 5.51. The Balaban J connectivity index is 2.13. The van der Waals surface area contributed by atoms with E-state index in [1.54, 1.807) is 27.8 Å². The van der Waals surface area contributed by atoms with Crippen LogP contribution in [-0.2, 0) is 0 Å². The lowest BCUT2D eigenvalue weighted by Crippen LogP contribution is -1.83. The predicted octanol–water partition coefficient (Wildman–Crippen LogP) is 5.88. The van der Waals surface area contributed by atoms with E-state index in [4.69, 9.17) is 17.0 Å². The standard InChI is InChI=1S/C16H12OS3/c1-17-13-9-7-12(8-10-13)15-14(16(18)20-19-15)11-5-3-2-4-6-11/h2-10H,1H3. The molecule has 0 spiro atoms. The second kappa shape index (κ2) is 5.87. The van der Waals surface area contributed by atoms with E-state index < -0.39 is 0 Å². The lowest BCUT2D eigenvalue weighted by atomic mass is 10.0. The van der Waals surface area contributed by atoms with Gasteiger partial charge in [-0.1, -0.05) is 63.2 Å². The maximum absolute atomic E-state index is 5.51. The molecule has 0 aliphatic heterocycles. The van der Waals surface area contributed by atoms with E-state index in [0.29, 0.717) is 0 Å². The van der Waals surface area contributed by atoms with Crippen molar-refractivity contribution >= 4 is 32.9 Å². The highest BCUT2D eigenvalue weighted by Gasteiger charge is 2.12. The van der Waals surface area contributed by atoms with Gasteiger partial charge in [0.25, 0.3) is 0 Å². The van der Waals surface area contributed by atoms with Gasteiger partial charge in [0, 0.05) is 5.56 Å². The monoisotopic (exact) mass is 316 g/mol. The highest BCUT2D eigenvalue weighted by Crippen LogP contribution is 2.41. The van der Waals surface area contributed by atoms with Gasteiger partial charge in [0.2, 0.25) is 0 Å². The smallest absolute Gasteiger partial charge is 0.118 e. The van der Waals surface area contributed by atoms with Crippen LogP contribution in [0, 0.1) is 3.82 Å². The third kappa shape index (κ3) is 2.54. The second-order valence-corrected chi connectivity index (χ2v) is 7.07. The van der Waals surface area contributed by atoms with Gasteiger partial charge in [-0.15, -0.1) is 0 Å². The van der Waals surface area contributed by atoms with Crippen molar-refractivity contribution in [1.82, 2.24) is 0 Å². The molecule has 0 unspecified atom stereocenters. The Morgan fingerprint density at radius 1 is 0.850 bits per heavy atom. The molecule has 1 aromatic heterocycles. The van der Waals surface area contributed by atoms with E-state index in [1.807, 2.05) is 30.3 Å². The average molecular weight is 316 g/mol. The van der Waals surface area contributed by atoms with Gasteiger partial charge in [-0.05, 0) is 35.4 Å². The molecule has 0 fully saturated rings. The van der Waals surface area contributed by atoms with Gasteiger partial charge in [-0.3, -0.25) is 0 Å². The first-order valence-corrected chi connectivity index (χ1v) is 8.68. The minimum absolute atomic E-state index is 0.869. The minimum Gasteiger partial charge on any atom is -0.497 e. The number of hydrogen-bond donors (Lipinski definition) is 0. The van der Waals surface area contributed by atoms with Crippen molar-refractivity contribution in [2.75, 3.05) is 7.11 Å². The van der Waals surface area contributed by atoms with Gasteiger partial charge in [-0.2, -0.15) is 0 Å². The van der Waals surface area contributed by atoms with Gasteiger partial charge < -0.3 is 4.74 Å². The van der Waals surface area contributed by atoms with E-state index >= 15 is 0 Å². The largest absolute Gasteiger partial charge is 0.497 e. The summed E-state index contributed by atoms with van der Waals surface area (Å²) in [5.41, 5.74) is 3.53. The van der Waals surface area contributed by atoms with Gasteiger partial charge in [0.05, 0.1) is 12.0 Å². The third-order valence-electron chi connectivity index (χ3n) is 3.05. The topological polar surface area (TPSA) is 9.23 Å². The summed E-state index contributed by atoms with van der Waals surface area (Å²) in [7, 11) is 5.07. The molecule has 3 rings (SSSR count). The second-order valence-electron chi connectivity index (χ2n) is 4.25. The molecule has 0 bridgehead atoms. The lowest BCUT2D eigenvalue weighted by Gasteiger charge is -2.05. The van der Waals surface area contributed by atoms with E-state index in [9.17, 15) is 0 Å². The molecule has 0 aliphatic rings. The quantitative estimate of drug-likeness (QED) is 0.440. The number of rotatable bonds is 3. The molecule has 2 aromatic carbocycles. The molecule has 0 saturated carbocycles. The fourth-order valence-corrected chi connectivity index (χ4v) is 4.96. The van der Waals surface area contributed by atoms with Crippen LogP contribution in [0.3, 0.4) is 0 Å². The zero-order chi connectivity index (χ0) is 13.9. The van der Waals surface area contributed by atoms with Gasteiger partial charge >= 0.3 is 0 Å². The molecule has 0 atom stereocenters. The summed E-state index contributed by atoms with van der Waals surface area (Å²) in [6, 6.07) is 18.5. The first-order valence-electron chi connectivity index (χ1n) is 6.12. The van der Waals surface area contributed by atoms with Crippen molar-refractivity contribution in [2.24, 2.45) is 0 Å². The minimum atomic E-state index is 0.869. The number of benzene rings is 2. The summed E-state index contributed by atoms with van der Waals surface area (Å²) in [5.74, 6) is 0.869. The van der Waals surface area contributed by atoms with Crippen LogP contribution in [0.2, 0.25) is 0 Å². The Morgan fingerprint density at radius 3 is 2.20 bits per heavy atom. The van der Waals surface area contributed by atoms with E-state index in [-0.39, 0.29) is 0 Å². The molecule has 0 saturated heterocycles. The third-order valence-corrected chi connectivity index (χ3v) is 6.11. The van der Waals surface area contributed by atoms with E-state index in [2.05, 4.69) is 24.3 Å². The molecule has 0 aliphatic carbocycles. The molecule has 0 N–H and O–H groups in total. The van der Waals surface area contributed by atoms with Crippen LogP contribution >= 0.6 is 32.9 Å². The summed E-state index contributed by atoms with van der Waals surface area (Å²) < 4.78 is 6.16. The molecule has 4 heteroatoms. The summed E-state index contributed by atoms with van der Waals surface area (Å²) in [6.45, 7) is 0. The van der Waals surface area contributed by atoms with Crippen LogP contribution in [-0.4, -0.2) is 7.11 Å². The van der Waals surface area contributed by atoms with Gasteiger partial charge in [-0.25, -0.2) is 0 Å². The molecule has 3 aromatic rings. The fraction of sp³-hybridized carbons (Fsp3) is 0.0625. The van der Waals surface area contributed by atoms with Gasteiger partial charge in [0.15, 0.2) is 0 Å². The average Bonchev–Trinajstić information content (AvgIpc) is 2.90. The van der Waals surface area contributed by atoms with Crippen molar-refractivity contribution in [2.45, 2.75) is 0 Å². The summed E-state index contributed by atoms with van der Waals surface area (Å²) in [4.78, 5) is 1.23.